The summed E-state index contributed by atoms with van der Waals surface area (Å²) < 4.78 is 8.26. The van der Waals surface area contributed by atoms with Crippen LogP contribution in [-0.4, -0.2) is 42.1 Å². The number of aromatic nitrogens is 4. The molecule has 0 saturated carbocycles. The van der Waals surface area contributed by atoms with Crippen molar-refractivity contribution in [1.82, 2.24) is 19.5 Å². The van der Waals surface area contributed by atoms with E-state index in [1.54, 1.807) is 29.7 Å². The molecule has 3 atom stereocenters. The molecular weight excluding hydrogens is 503 g/mol. The SMILES string of the molecule is C[C@H]1O[C@@H](n2cnc3c(N)ncnc32)C[C@@]1(O)C(=O)Cc1ccc(N=[N+]=[N-])c(I)c1. The van der Waals surface area contributed by atoms with E-state index in [0.717, 1.165) is 3.57 Å². The number of aliphatic hydroxyl groups is 1. The van der Waals surface area contributed by atoms with Crippen molar-refractivity contribution >= 4 is 51.0 Å². The molecule has 0 spiro atoms. The molecule has 0 radical (unpaired) electrons. The van der Waals surface area contributed by atoms with Gasteiger partial charge in [-0.3, -0.25) is 9.36 Å². The number of rotatable bonds is 5. The average molecular weight is 520 g/mol. The highest BCUT2D eigenvalue weighted by Gasteiger charge is 2.50. The molecule has 1 saturated heterocycles. The predicted octanol–water partition coefficient (Wildman–Crippen LogP) is 2.81. The van der Waals surface area contributed by atoms with Gasteiger partial charge in [-0.25, -0.2) is 15.0 Å². The lowest BCUT2D eigenvalue weighted by molar-refractivity contribution is -0.141. The maximum atomic E-state index is 13.0. The summed E-state index contributed by atoms with van der Waals surface area (Å²) in [6.07, 6.45) is 1.56. The van der Waals surface area contributed by atoms with Crippen molar-refractivity contribution < 1.29 is 14.6 Å². The summed E-state index contributed by atoms with van der Waals surface area (Å²) in [5.41, 5.74) is 14.8. The lowest BCUT2D eigenvalue weighted by Crippen LogP contribution is -2.45. The molecule has 3 N–H and O–H groups in total. The number of hydrogen-bond donors (Lipinski definition) is 2. The lowest BCUT2D eigenvalue weighted by Gasteiger charge is -2.24. The second kappa shape index (κ2) is 7.80. The van der Waals surface area contributed by atoms with Crippen molar-refractivity contribution in [1.29, 1.82) is 0 Å². The van der Waals surface area contributed by atoms with Crippen LogP contribution in [-0.2, 0) is 16.0 Å². The summed E-state index contributed by atoms with van der Waals surface area (Å²) in [6, 6.07) is 5.11. The quantitative estimate of drug-likeness (QED) is 0.226. The minimum absolute atomic E-state index is 0.0171. The third kappa shape index (κ3) is 3.47. The third-order valence-electron chi connectivity index (χ3n) is 5.23. The molecule has 1 aliphatic rings. The topological polar surface area (TPSA) is 165 Å². The Morgan fingerprint density at radius 1 is 1.50 bits per heavy atom. The number of nitrogens with zero attached hydrogens (tertiary/aromatic N) is 7. The number of ether oxygens (including phenoxy) is 1. The van der Waals surface area contributed by atoms with Gasteiger partial charge < -0.3 is 15.6 Å². The number of fused-ring (bicyclic) bond motifs is 1. The fourth-order valence-corrected chi connectivity index (χ4v) is 4.23. The summed E-state index contributed by atoms with van der Waals surface area (Å²) >= 11 is 2.04. The molecule has 0 unspecified atom stereocenters. The normalized spacial score (nSPS) is 23.4. The van der Waals surface area contributed by atoms with Crippen LogP contribution in [0.5, 0.6) is 0 Å². The number of nitrogens with two attached hydrogens (primary N) is 1. The Hall–Kier alpha value is -2.80. The summed E-state index contributed by atoms with van der Waals surface area (Å²) in [6.45, 7) is 1.66. The largest absolute Gasteiger partial charge is 0.382 e. The smallest absolute Gasteiger partial charge is 0.171 e. The van der Waals surface area contributed by atoms with E-state index in [1.807, 2.05) is 22.6 Å². The number of Topliss-reactive ketones (excluding diaryl/α,β-unsaturated/α-hetero) is 1. The molecule has 3 heterocycles. The number of nitrogen functional groups attached to an aromatic ring is 1. The maximum Gasteiger partial charge on any atom is 0.171 e. The van der Waals surface area contributed by atoms with Crippen LogP contribution in [0.25, 0.3) is 21.6 Å². The first-order valence-electron chi connectivity index (χ1n) is 9.01. The molecule has 1 aromatic carbocycles. The van der Waals surface area contributed by atoms with Gasteiger partial charge in [-0.1, -0.05) is 17.2 Å². The number of anilines is 1. The molecule has 154 valence electrons. The highest BCUT2D eigenvalue weighted by molar-refractivity contribution is 14.1. The highest BCUT2D eigenvalue weighted by atomic mass is 127. The van der Waals surface area contributed by atoms with Gasteiger partial charge >= 0.3 is 0 Å². The minimum atomic E-state index is -1.67. The van der Waals surface area contributed by atoms with Crippen molar-refractivity contribution in [3.05, 3.63) is 50.4 Å². The number of hydrogen-bond acceptors (Lipinski definition) is 8. The summed E-state index contributed by atoms with van der Waals surface area (Å²) in [5.74, 6) is -0.113. The molecule has 0 aliphatic carbocycles. The monoisotopic (exact) mass is 520 g/mol. The number of ketones is 1. The molecular formula is C18H17IN8O3. The van der Waals surface area contributed by atoms with Crippen LogP contribution in [0.2, 0.25) is 0 Å². The van der Waals surface area contributed by atoms with Gasteiger partial charge in [0.1, 0.15) is 18.1 Å². The van der Waals surface area contributed by atoms with Gasteiger partial charge in [0, 0.05) is 21.3 Å². The van der Waals surface area contributed by atoms with Gasteiger partial charge in [0.2, 0.25) is 0 Å². The summed E-state index contributed by atoms with van der Waals surface area (Å²) in [5, 5.41) is 14.7. The van der Waals surface area contributed by atoms with Crippen LogP contribution >= 0.6 is 22.6 Å². The third-order valence-corrected chi connectivity index (χ3v) is 6.09. The van der Waals surface area contributed by atoms with Crippen molar-refractivity contribution in [3.8, 4) is 0 Å². The zero-order valence-corrected chi connectivity index (χ0v) is 18.0. The van der Waals surface area contributed by atoms with Gasteiger partial charge in [0.15, 0.2) is 22.8 Å². The first-order chi connectivity index (χ1) is 14.3. The molecule has 3 aromatic rings. The van der Waals surface area contributed by atoms with Crippen molar-refractivity contribution in [3.63, 3.8) is 0 Å². The number of benzene rings is 1. The molecule has 12 heteroatoms. The number of azide groups is 1. The number of imidazole rings is 1. The fourth-order valence-electron chi connectivity index (χ4n) is 3.54. The molecule has 11 nitrogen and oxygen atoms in total. The first-order valence-corrected chi connectivity index (χ1v) is 10.1. The van der Waals surface area contributed by atoms with Gasteiger partial charge in [0.25, 0.3) is 0 Å². The molecule has 0 bridgehead atoms. The van der Waals surface area contributed by atoms with Gasteiger partial charge in [0.05, 0.1) is 18.1 Å². The van der Waals surface area contributed by atoms with E-state index in [0.29, 0.717) is 22.4 Å². The van der Waals surface area contributed by atoms with E-state index >= 15 is 0 Å². The standard InChI is InChI=1S/C18H17IN8O3/c1-9-18(29,13(28)5-10-2-3-12(25-26-21)11(19)4-10)6-14(30-9)27-8-24-15-16(20)22-7-23-17(15)27/h2-4,7-9,14,29H,5-6H2,1H3,(H2,20,22,23)/t9-,14-,18+/m1/s1. The molecule has 0 amide bonds. The highest BCUT2D eigenvalue weighted by Crippen LogP contribution is 2.39. The van der Waals surface area contributed by atoms with E-state index in [-0.39, 0.29) is 24.4 Å². The Morgan fingerprint density at radius 3 is 3.03 bits per heavy atom. The van der Waals surface area contributed by atoms with Crippen LogP contribution in [0, 0.1) is 3.57 Å². The van der Waals surface area contributed by atoms with Gasteiger partial charge in [-0.05, 0) is 46.7 Å². The molecule has 30 heavy (non-hydrogen) atoms. The Labute approximate surface area is 184 Å². The molecule has 1 aliphatic heterocycles. The van der Waals surface area contributed by atoms with Crippen LogP contribution in [0.15, 0.2) is 36.0 Å². The van der Waals surface area contributed by atoms with Gasteiger partial charge in [-0.2, -0.15) is 0 Å². The van der Waals surface area contributed by atoms with E-state index in [9.17, 15) is 9.90 Å². The van der Waals surface area contributed by atoms with E-state index < -0.39 is 17.9 Å². The molecule has 4 rings (SSSR count). The van der Waals surface area contributed by atoms with Gasteiger partial charge in [-0.15, -0.1) is 0 Å². The minimum Gasteiger partial charge on any atom is -0.382 e. The van der Waals surface area contributed by atoms with E-state index in [1.165, 1.54) is 12.7 Å². The maximum absolute atomic E-state index is 13.0. The second-order valence-electron chi connectivity index (χ2n) is 7.02. The van der Waals surface area contributed by atoms with Crippen LogP contribution in [0.4, 0.5) is 11.5 Å². The zero-order valence-electron chi connectivity index (χ0n) is 15.8. The van der Waals surface area contributed by atoms with Crippen LogP contribution < -0.4 is 5.73 Å². The van der Waals surface area contributed by atoms with Crippen LogP contribution in [0.1, 0.15) is 25.1 Å². The Morgan fingerprint density at radius 2 is 2.30 bits per heavy atom. The number of halogens is 1. The van der Waals surface area contributed by atoms with E-state index in [2.05, 4.69) is 25.0 Å². The predicted molar refractivity (Wildman–Crippen MR) is 116 cm³/mol. The molecule has 1 fully saturated rings. The Balaban J connectivity index is 1.56. The zero-order chi connectivity index (χ0) is 21.5. The first kappa shape index (κ1) is 20.5. The number of carbonyl (C=O) groups excluding carboxylic acids is 1. The van der Waals surface area contributed by atoms with Crippen molar-refractivity contribution in [2.45, 2.75) is 37.7 Å². The molecule has 2 aromatic heterocycles. The average Bonchev–Trinajstić information content (AvgIpc) is 3.27. The fraction of sp³-hybridized carbons (Fsp3) is 0.333. The summed E-state index contributed by atoms with van der Waals surface area (Å²) in [4.78, 5) is 28.1. The lowest BCUT2D eigenvalue weighted by atomic mass is 9.87. The number of carbonyl (C=O) groups is 1. The Bertz CT molecular complexity index is 1190. The van der Waals surface area contributed by atoms with Crippen molar-refractivity contribution in [2.24, 2.45) is 5.11 Å². The second-order valence-corrected chi connectivity index (χ2v) is 8.18. The Kier molecular flexibility index (Phi) is 5.32. The van der Waals surface area contributed by atoms with E-state index in [4.69, 9.17) is 16.0 Å². The van der Waals surface area contributed by atoms with Crippen molar-refractivity contribution in [2.75, 3.05) is 5.73 Å². The van der Waals surface area contributed by atoms with Crippen LogP contribution in [0.3, 0.4) is 0 Å². The summed E-state index contributed by atoms with van der Waals surface area (Å²) in [7, 11) is 0.